The van der Waals surface area contributed by atoms with E-state index in [1.165, 1.54) is 14.0 Å². The molecule has 1 amide bonds. The summed E-state index contributed by atoms with van der Waals surface area (Å²) in [5, 5.41) is 6.78. The molecule has 1 aliphatic carbocycles. The van der Waals surface area contributed by atoms with Crippen molar-refractivity contribution in [1.82, 2.24) is 5.32 Å². The van der Waals surface area contributed by atoms with Gasteiger partial charge in [-0.15, -0.1) is 0 Å². The molecule has 1 fully saturated rings. The Hall–Kier alpha value is -1.75. The van der Waals surface area contributed by atoms with E-state index in [1.807, 2.05) is 0 Å². The third-order valence-electron chi connectivity index (χ3n) is 4.09. The second-order valence-corrected chi connectivity index (χ2v) is 5.58. The second-order valence-electron chi connectivity index (χ2n) is 5.58. The number of nitrogens with one attached hydrogen (secondary N) is 1. The summed E-state index contributed by atoms with van der Waals surface area (Å²) in [4.78, 5) is 26.0. The summed E-state index contributed by atoms with van der Waals surface area (Å²) in [6, 6.07) is -0.333. The predicted molar refractivity (Wildman–Crippen MR) is 78.3 cm³/mol. The van der Waals surface area contributed by atoms with Crippen LogP contribution in [0.25, 0.3) is 10.4 Å². The van der Waals surface area contributed by atoms with Gasteiger partial charge in [0.25, 0.3) is 0 Å². The Morgan fingerprint density at radius 3 is 2.71 bits per heavy atom. The Labute approximate surface area is 125 Å². The molecule has 7 heteroatoms. The molecule has 118 valence electrons. The van der Waals surface area contributed by atoms with E-state index in [1.54, 1.807) is 0 Å². The minimum atomic E-state index is -0.271. The van der Waals surface area contributed by atoms with Crippen molar-refractivity contribution in [3.63, 3.8) is 0 Å². The number of hydrogen-bond donors (Lipinski definition) is 1. The largest absolute Gasteiger partial charge is 0.469 e. The number of esters is 1. The van der Waals surface area contributed by atoms with Crippen LogP contribution in [0.15, 0.2) is 5.11 Å². The molecule has 0 aromatic carbocycles. The number of azide groups is 1. The Kier molecular flexibility index (Phi) is 7.02. The van der Waals surface area contributed by atoms with E-state index < -0.39 is 0 Å². The molecule has 1 saturated carbocycles. The normalized spacial score (nSPS) is 25.8. The summed E-state index contributed by atoms with van der Waals surface area (Å²) >= 11 is 0. The van der Waals surface area contributed by atoms with Gasteiger partial charge in [-0.2, -0.15) is 0 Å². The smallest absolute Gasteiger partial charge is 0.308 e. The highest BCUT2D eigenvalue weighted by atomic mass is 16.5. The third kappa shape index (κ3) is 4.93. The molecule has 0 heterocycles. The highest BCUT2D eigenvalue weighted by Gasteiger charge is 2.41. The summed E-state index contributed by atoms with van der Waals surface area (Å²) in [5.41, 5.74) is 8.72. The molecule has 4 atom stereocenters. The first-order chi connectivity index (χ1) is 10.0. The molecule has 1 N–H and O–H groups in total. The lowest BCUT2D eigenvalue weighted by atomic mass is 9.90. The van der Waals surface area contributed by atoms with Gasteiger partial charge in [0.1, 0.15) is 0 Å². The number of carbonyl (C=O) groups excluding carboxylic acids is 2. The number of rotatable bonds is 7. The zero-order valence-electron chi connectivity index (χ0n) is 12.9. The summed E-state index contributed by atoms with van der Waals surface area (Å²) in [6.45, 7) is 3.57. The van der Waals surface area contributed by atoms with Gasteiger partial charge in [0.05, 0.1) is 13.0 Å². The van der Waals surface area contributed by atoms with Crippen LogP contribution in [0.4, 0.5) is 0 Å². The van der Waals surface area contributed by atoms with Gasteiger partial charge in [0, 0.05) is 23.9 Å². The number of nitrogens with zero attached hydrogens (tertiary/aromatic N) is 3. The van der Waals surface area contributed by atoms with Crippen molar-refractivity contribution in [3.8, 4) is 0 Å². The quantitative estimate of drug-likeness (QED) is 0.338. The van der Waals surface area contributed by atoms with Gasteiger partial charge in [-0.25, -0.2) is 0 Å². The highest BCUT2D eigenvalue weighted by molar-refractivity contribution is 5.74. The van der Waals surface area contributed by atoms with Crippen LogP contribution in [0.1, 0.15) is 46.0 Å². The van der Waals surface area contributed by atoms with Gasteiger partial charge < -0.3 is 10.1 Å². The number of amides is 1. The molecular weight excluding hydrogens is 272 g/mol. The minimum absolute atomic E-state index is 0.0135. The van der Waals surface area contributed by atoms with E-state index in [0.29, 0.717) is 12.8 Å². The lowest BCUT2D eigenvalue weighted by Gasteiger charge is -2.27. The van der Waals surface area contributed by atoms with Crippen molar-refractivity contribution < 1.29 is 14.3 Å². The van der Waals surface area contributed by atoms with Gasteiger partial charge in [0.15, 0.2) is 0 Å². The highest BCUT2D eigenvalue weighted by Crippen LogP contribution is 2.37. The van der Waals surface area contributed by atoms with Crippen LogP contribution in [-0.4, -0.2) is 31.1 Å². The minimum Gasteiger partial charge on any atom is -0.469 e. The summed E-state index contributed by atoms with van der Waals surface area (Å²) in [6.07, 6.45) is 3.91. The first-order valence-corrected chi connectivity index (χ1v) is 7.42. The van der Waals surface area contributed by atoms with Crippen LogP contribution in [-0.2, 0) is 14.3 Å². The standard InChI is InChI=1S/C14H24N4O3/c1-4-5-6-12(16-9(2)19)11-7-10(14(20)21-3)8-13(11)17-18-15/h10-13H,4-8H2,1-3H3,(H,16,19)/t10-,11+,12-,13-/m1/s1. The van der Waals surface area contributed by atoms with E-state index >= 15 is 0 Å². The molecule has 0 aromatic rings. The van der Waals surface area contributed by atoms with Crippen molar-refractivity contribution in [2.24, 2.45) is 17.0 Å². The number of hydrogen-bond acceptors (Lipinski definition) is 4. The van der Waals surface area contributed by atoms with Crippen LogP contribution in [0.3, 0.4) is 0 Å². The summed E-state index contributed by atoms with van der Waals surface area (Å²) in [5.74, 6) is -0.640. The summed E-state index contributed by atoms with van der Waals surface area (Å²) in [7, 11) is 1.36. The maximum Gasteiger partial charge on any atom is 0.308 e. The van der Waals surface area contributed by atoms with E-state index in [-0.39, 0.29) is 35.8 Å². The van der Waals surface area contributed by atoms with Crippen LogP contribution in [0.2, 0.25) is 0 Å². The van der Waals surface area contributed by atoms with Crippen LogP contribution < -0.4 is 5.32 Å². The average Bonchev–Trinajstić information content (AvgIpc) is 2.86. The monoisotopic (exact) mass is 296 g/mol. The zero-order valence-corrected chi connectivity index (χ0v) is 12.9. The summed E-state index contributed by atoms with van der Waals surface area (Å²) < 4.78 is 4.79. The number of carbonyl (C=O) groups is 2. The maximum absolute atomic E-state index is 11.7. The van der Waals surface area contributed by atoms with E-state index in [9.17, 15) is 9.59 Å². The molecular formula is C14H24N4O3. The van der Waals surface area contributed by atoms with Gasteiger partial charge in [-0.05, 0) is 30.7 Å². The average molecular weight is 296 g/mol. The Balaban J connectivity index is 2.87. The number of ether oxygens (including phenoxy) is 1. The Morgan fingerprint density at radius 1 is 1.48 bits per heavy atom. The fraction of sp³-hybridized carbons (Fsp3) is 0.857. The molecule has 0 saturated heterocycles. The molecule has 0 radical (unpaired) electrons. The van der Waals surface area contributed by atoms with E-state index in [0.717, 1.165) is 19.3 Å². The number of unbranched alkanes of at least 4 members (excludes halogenated alkanes) is 1. The van der Waals surface area contributed by atoms with Gasteiger partial charge in [0.2, 0.25) is 5.91 Å². The van der Waals surface area contributed by atoms with Crippen LogP contribution in [0, 0.1) is 11.8 Å². The Bertz CT molecular complexity index is 420. The molecule has 0 bridgehead atoms. The molecule has 0 spiro atoms. The van der Waals surface area contributed by atoms with E-state index in [2.05, 4.69) is 22.3 Å². The van der Waals surface area contributed by atoms with Crippen LogP contribution in [0.5, 0.6) is 0 Å². The molecule has 7 nitrogen and oxygen atoms in total. The van der Waals surface area contributed by atoms with Crippen molar-refractivity contribution in [2.75, 3.05) is 7.11 Å². The number of methoxy groups -OCH3 is 1. The SMILES string of the molecule is CCCC[C@@H](NC(C)=O)[C@@H]1C[C@@H](C(=O)OC)C[C@H]1N=[N+]=[N-]. The third-order valence-corrected chi connectivity index (χ3v) is 4.09. The second kappa shape index (κ2) is 8.52. The van der Waals surface area contributed by atoms with Gasteiger partial charge >= 0.3 is 5.97 Å². The fourth-order valence-electron chi connectivity index (χ4n) is 3.12. The van der Waals surface area contributed by atoms with Crippen LogP contribution >= 0.6 is 0 Å². The lowest BCUT2D eigenvalue weighted by Crippen LogP contribution is -2.41. The zero-order chi connectivity index (χ0) is 15.8. The van der Waals surface area contributed by atoms with Gasteiger partial charge in [-0.1, -0.05) is 24.9 Å². The van der Waals surface area contributed by atoms with Crippen molar-refractivity contribution in [3.05, 3.63) is 10.4 Å². The van der Waals surface area contributed by atoms with Crippen molar-refractivity contribution in [1.29, 1.82) is 0 Å². The topological polar surface area (TPSA) is 104 Å². The first kappa shape index (κ1) is 17.3. The lowest BCUT2D eigenvalue weighted by molar-refractivity contribution is -0.145. The van der Waals surface area contributed by atoms with Gasteiger partial charge in [-0.3, -0.25) is 9.59 Å². The molecule has 0 aliphatic heterocycles. The van der Waals surface area contributed by atoms with Crippen molar-refractivity contribution >= 4 is 11.9 Å². The molecule has 1 rings (SSSR count). The molecule has 21 heavy (non-hydrogen) atoms. The molecule has 1 aliphatic rings. The first-order valence-electron chi connectivity index (χ1n) is 7.42. The van der Waals surface area contributed by atoms with Crippen molar-refractivity contribution in [2.45, 2.75) is 58.0 Å². The maximum atomic E-state index is 11.7. The molecule has 0 unspecified atom stereocenters. The Morgan fingerprint density at radius 2 is 2.19 bits per heavy atom. The van der Waals surface area contributed by atoms with E-state index in [4.69, 9.17) is 10.3 Å². The molecule has 0 aromatic heterocycles. The predicted octanol–water partition coefficient (Wildman–Crippen LogP) is 2.56. The fourth-order valence-corrected chi connectivity index (χ4v) is 3.12.